The van der Waals surface area contributed by atoms with Gasteiger partial charge in [0.1, 0.15) is 0 Å². The number of aromatic nitrogens is 2. The van der Waals surface area contributed by atoms with E-state index in [4.69, 9.17) is 0 Å². The quantitative estimate of drug-likeness (QED) is 0.884. The van der Waals surface area contributed by atoms with Crippen LogP contribution in [0.25, 0.3) is 0 Å². The Labute approximate surface area is 147 Å². The molecule has 0 unspecified atom stereocenters. The molecular weight excluding hydrogens is 314 g/mol. The molecule has 6 heteroatoms. The van der Waals surface area contributed by atoms with Crippen LogP contribution in [0, 0.1) is 0 Å². The molecule has 4 rings (SSSR count). The van der Waals surface area contributed by atoms with Crippen LogP contribution in [0.1, 0.15) is 24.0 Å². The topological polar surface area (TPSA) is 64.3 Å². The first-order chi connectivity index (χ1) is 12.2. The molecule has 1 aromatic heterocycles. The SMILES string of the molecule is CN1CCc2cc(CN[C@H]3CCCN(c4ncc[nH]c4=O)C3)ccc21. The van der Waals surface area contributed by atoms with Crippen LogP contribution in [-0.4, -0.2) is 42.7 Å². The van der Waals surface area contributed by atoms with E-state index in [-0.39, 0.29) is 5.56 Å². The van der Waals surface area contributed by atoms with Crippen LogP contribution >= 0.6 is 0 Å². The number of hydrogen-bond acceptors (Lipinski definition) is 5. The van der Waals surface area contributed by atoms with Gasteiger partial charge in [0.25, 0.3) is 5.56 Å². The van der Waals surface area contributed by atoms with Crippen molar-refractivity contribution in [2.45, 2.75) is 31.8 Å². The lowest BCUT2D eigenvalue weighted by Gasteiger charge is -2.33. The first-order valence-corrected chi connectivity index (χ1v) is 9.05. The van der Waals surface area contributed by atoms with Gasteiger partial charge in [-0.15, -0.1) is 0 Å². The Hall–Kier alpha value is -2.34. The zero-order valence-corrected chi connectivity index (χ0v) is 14.7. The van der Waals surface area contributed by atoms with Crippen molar-refractivity contribution >= 4 is 11.5 Å². The van der Waals surface area contributed by atoms with Crippen LogP contribution in [0.4, 0.5) is 11.5 Å². The van der Waals surface area contributed by atoms with Crippen molar-refractivity contribution in [2.75, 3.05) is 36.5 Å². The number of fused-ring (bicyclic) bond motifs is 1. The predicted octanol–water partition coefficient (Wildman–Crippen LogP) is 1.52. The molecule has 0 bridgehead atoms. The van der Waals surface area contributed by atoms with Gasteiger partial charge in [0.2, 0.25) is 0 Å². The fourth-order valence-corrected chi connectivity index (χ4v) is 3.90. The number of hydrogen-bond donors (Lipinski definition) is 2. The van der Waals surface area contributed by atoms with Gasteiger partial charge in [-0.3, -0.25) is 4.79 Å². The van der Waals surface area contributed by atoms with Gasteiger partial charge < -0.3 is 20.1 Å². The van der Waals surface area contributed by atoms with E-state index in [0.29, 0.717) is 11.9 Å². The summed E-state index contributed by atoms with van der Waals surface area (Å²) in [7, 11) is 2.15. The van der Waals surface area contributed by atoms with Crippen LogP contribution in [0.15, 0.2) is 35.4 Å². The summed E-state index contributed by atoms with van der Waals surface area (Å²) in [5.41, 5.74) is 4.04. The molecule has 1 aromatic carbocycles. The molecular formula is C19H25N5O. The fourth-order valence-electron chi connectivity index (χ4n) is 3.90. The highest BCUT2D eigenvalue weighted by Gasteiger charge is 2.22. The van der Waals surface area contributed by atoms with Crippen LogP contribution in [0.3, 0.4) is 0 Å². The van der Waals surface area contributed by atoms with Crippen molar-refractivity contribution in [3.8, 4) is 0 Å². The molecule has 2 aromatic rings. The highest BCUT2D eigenvalue weighted by atomic mass is 16.1. The van der Waals surface area contributed by atoms with Gasteiger partial charge in [-0.25, -0.2) is 4.98 Å². The first-order valence-electron chi connectivity index (χ1n) is 9.05. The lowest BCUT2D eigenvalue weighted by atomic mass is 10.0. The normalized spacial score (nSPS) is 20.0. The number of benzene rings is 1. The Bertz CT molecular complexity index is 802. The third-order valence-electron chi connectivity index (χ3n) is 5.28. The molecule has 2 N–H and O–H groups in total. The number of aromatic amines is 1. The average molecular weight is 339 g/mol. The van der Waals surface area contributed by atoms with E-state index >= 15 is 0 Å². The Balaban J connectivity index is 1.38. The molecule has 0 aliphatic carbocycles. The minimum absolute atomic E-state index is 0.106. The largest absolute Gasteiger partial charge is 0.374 e. The van der Waals surface area contributed by atoms with E-state index in [1.807, 2.05) is 0 Å². The van der Waals surface area contributed by atoms with E-state index < -0.39 is 0 Å². The van der Waals surface area contributed by atoms with Crippen LogP contribution in [0.2, 0.25) is 0 Å². The molecule has 2 aliphatic rings. The first kappa shape index (κ1) is 16.1. The van der Waals surface area contributed by atoms with Gasteiger partial charge in [0, 0.05) is 57.3 Å². The lowest BCUT2D eigenvalue weighted by Crippen LogP contribution is -2.47. The van der Waals surface area contributed by atoms with Crippen molar-refractivity contribution in [1.82, 2.24) is 15.3 Å². The van der Waals surface area contributed by atoms with Gasteiger partial charge in [0.05, 0.1) is 0 Å². The van der Waals surface area contributed by atoms with Crippen molar-refractivity contribution in [3.63, 3.8) is 0 Å². The third-order valence-corrected chi connectivity index (χ3v) is 5.28. The van der Waals surface area contributed by atoms with Gasteiger partial charge >= 0.3 is 0 Å². The van der Waals surface area contributed by atoms with E-state index in [1.54, 1.807) is 12.4 Å². The number of nitrogens with zero attached hydrogens (tertiary/aromatic N) is 3. The molecule has 25 heavy (non-hydrogen) atoms. The molecule has 0 amide bonds. The highest BCUT2D eigenvalue weighted by molar-refractivity contribution is 5.58. The summed E-state index contributed by atoms with van der Waals surface area (Å²) in [6.45, 7) is 3.70. The van der Waals surface area contributed by atoms with E-state index in [0.717, 1.165) is 45.4 Å². The van der Waals surface area contributed by atoms with Gasteiger partial charge in [-0.1, -0.05) is 12.1 Å². The minimum Gasteiger partial charge on any atom is -0.374 e. The number of piperidine rings is 1. The van der Waals surface area contributed by atoms with E-state index in [2.05, 4.69) is 50.3 Å². The number of anilines is 2. The summed E-state index contributed by atoms with van der Waals surface area (Å²) >= 11 is 0. The monoisotopic (exact) mass is 339 g/mol. The highest BCUT2D eigenvalue weighted by Crippen LogP contribution is 2.27. The molecule has 6 nitrogen and oxygen atoms in total. The Morgan fingerprint density at radius 3 is 3.16 bits per heavy atom. The lowest BCUT2D eigenvalue weighted by molar-refractivity contribution is 0.419. The van der Waals surface area contributed by atoms with Crippen LogP contribution in [-0.2, 0) is 13.0 Å². The summed E-state index contributed by atoms with van der Waals surface area (Å²) in [5.74, 6) is 0.537. The number of likely N-dealkylation sites (N-methyl/N-ethyl adjacent to an activating group) is 1. The summed E-state index contributed by atoms with van der Waals surface area (Å²) in [6.07, 6.45) is 6.57. The molecule has 0 saturated carbocycles. The molecule has 0 spiro atoms. The molecule has 132 valence electrons. The second-order valence-electron chi connectivity index (χ2n) is 7.04. The number of rotatable bonds is 4. The molecule has 1 atom stereocenters. The Kier molecular flexibility index (Phi) is 4.44. The van der Waals surface area contributed by atoms with E-state index in [9.17, 15) is 4.79 Å². The molecule has 1 saturated heterocycles. The zero-order valence-electron chi connectivity index (χ0n) is 14.7. The van der Waals surface area contributed by atoms with Crippen molar-refractivity contribution in [3.05, 3.63) is 52.1 Å². The average Bonchev–Trinajstić information content (AvgIpc) is 3.01. The van der Waals surface area contributed by atoms with Gasteiger partial charge in [-0.2, -0.15) is 0 Å². The Morgan fingerprint density at radius 2 is 2.28 bits per heavy atom. The minimum atomic E-state index is -0.106. The summed E-state index contributed by atoms with van der Waals surface area (Å²) < 4.78 is 0. The maximum Gasteiger partial charge on any atom is 0.290 e. The summed E-state index contributed by atoms with van der Waals surface area (Å²) in [5, 5.41) is 3.66. The van der Waals surface area contributed by atoms with Crippen LogP contribution < -0.4 is 20.7 Å². The van der Waals surface area contributed by atoms with Crippen molar-refractivity contribution in [1.29, 1.82) is 0 Å². The summed E-state index contributed by atoms with van der Waals surface area (Å²) in [4.78, 5) is 23.3. The number of nitrogens with one attached hydrogen (secondary N) is 2. The zero-order chi connectivity index (χ0) is 17.2. The molecule has 2 aliphatic heterocycles. The molecule has 1 fully saturated rings. The smallest absolute Gasteiger partial charge is 0.290 e. The third kappa shape index (κ3) is 3.39. The maximum atomic E-state index is 12.0. The van der Waals surface area contributed by atoms with Crippen molar-refractivity contribution < 1.29 is 0 Å². The molecule has 3 heterocycles. The van der Waals surface area contributed by atoms with Crippen molar-refractivity contribution in [2.24, 2.45) is 0 Å². The predicted molar refractivity (Wildman–Crippen MR) is 100 cm³/mol. The Morgan fingerprint density at radius 1 is 1.36 bits per heavy atom. The van der Waals surface area contributed by atoms with Gasteiger partial charge in [0.15, 0.2) is 5.82 Å². The fraction of sp³-hybridized carbons (Fsp3) is 0.474. The summed E-state index contributed by atoms with van der Waals surface area (Å²) in [6, 6.07) is 7.17. The second kappa shape index (κ2) is 6.88. The van der Waals surface area contributed by atoms with E-state index in [1.165, 1.54) is 16.8 Å². The van der Waals surface area contributed by atoms with Crippen LogP contribution in [0.5, 0.6) is 0 Å². The molecule has 0 radical (unpaired) electrons. The second-order valence-corrected chi connectivity index (χ2v) is 7.04. The maximum absolute atomic E-state index is 12.0. The standard InChI is InChI=1S/C19H25N5O/c1-23-10-6-15-11-14(4-5-17(15)23)12-22-16-3-2-9-24(13-16)18-19(25)21-8-7-20-18/h4-5,7-8,11,16,22H,2-3,6,9-10,12-13H2,1H3,(H,21,25)/t16-/m0/s1. The van der Waals surface area contributed by atoms with Gasteiger partial charge in [-0.05, 0) is 36.5 Å². The number of H-pyrrole nitrogens is 1.